The molecule has 1 heterocycles. The predicted molar refractivity (Wildman–Crippen MR) is 63.3 cm³/mol. The molecule has 0 unspecified atom stereocenters. The first kappa shape index (κ1) is 12.8. The van der Waals surface area contributed by atoms with E-state index in [0.29, 0.717) is 18.2 Å². The van der Waals surface area contributed by atoms with Crippen LogP contribution in [0.3, 0.4) is 0 Å². The van der Waals surface area contributed by atoms with E-state index in [1.54, 1.807) is 13.8 Å². The van der Waals surface area contributed by atoms with Crippen LogP contribution in [0, 0.1) is 13.8 Å². The highest BCUT2D eigenvalue weighted by Gasteiger charge is 2.10. The molecule has 6 heteroatoms. The van der Waals surface area contributed by atoms with Gasteiger partial charge in [-0.2, -0.15) is 0 Å². The van der Waals surface area contributed by atoms with Gasteiger partial charge < -0.3 is 10.5 Å². The van der Waals surface area contributed by atoms with Crippen molar-refractivity contribution in [2.24, 2.45) is 0 Å². The Hall–Kier alpha value is -1.30. The van der Waals surface area contributed by atoms with E-state index in [9.17, 15) is 4.79 Å². The van der Waals surface area contributed by atoms with Crippen molar-refractivity contribution in [2.45, 2.75) is 25.8 Å². The Bertz CT molecular complexity index is 396. The van der Waals surface area contributed by atoms with Gasteiger partial charge in [0.2, 0.25) is 0 Å². The molecule has 2 N–H and O–H groups in total. The van der Waals surface area contributed by atoms with Crippen LogP contribution in [0.2, 0.25) is 0 Å². The van der Waals surface area contributed by atoms with Crippen molar-refractivity contribution in [1.82, 2.24) is 9.97 Å². The fraction of sp³-hybridized carbons (Fsp3) is 0.500. The number of rotatable bonds is 4. The number of thioether (sulfide) groups is 1. The summed E-state index contributed by atoms with van der Waals surface area (Å²) in [7, 11) is 0. The van der Waals surface area contributed by atoms with E-state index >= 15 is 0 Å². The monoisotopic (exact) mass is 241 g/mol. The second kappa shape index (κ2) is 5.69. The summed E-state index contributed by atoms with van der Waals surface area (Å²) >= 11 is 1.32. The summed E-state index contributed by atoms with van der Waals surface area (Å²) in [6.45, 7) is 5.77. The van der Waals surface area contributed by atoms with Gasteiger partial charge in [-0.3, -0.25) is 4.79 Å². The number of carbonyl (C=O) groups excluding carboxylic acids is 1. The first-order valence-corrected chi connectivity index (χ1v) is 5.92. The number of aromatic nitrogens is 2. The molecule has 0 saturated heterocycles. The highest BCUT2D eigenvalue weighted by molar-refractivity contribution is 7.99. The molecule has 1 rings (SSSR count). The normalized spacial score (nSPS) is 10.2. The molecule has 0 aromatic carbocycles. The zero-order valence-electron chi connectivity index (χ0n) is 9.61. The zero-order chi connectivity index (χ0) is 12.1. The van der Waals surface area contributed by atoms with E-state index in [1.807, 2.05) is 6.92 Å². The van der Waals surface area contributed by atoms with Crippen LogP contribution in [0.25, 0.3) is 0 Å². The Morgan fingerprint density at radius 3 is 2.75 bits per heavy atom. The molecule has 0 aliphatic carbocycles. The van der Waals surface area contributed by atoms with Crippen LogP contribution >= 0.6 is 11.8 Å². The molecular weight excluding hydrogens is 226 g/mol. The van der Waals surface area contributed by atoms with E-state index in [2.05, 4.69) is 9.97 Å². The van der Waals surface area contributed by atoms with Crippen molar-refractivity contribution in [2.75, 3.05) is 18.1 Å². The molecule has 0 aliphatic rings. The van der Waals surface area contributed by atoms with Crippen molar-refractivity contribution >= 4 is 23.5 Å². The molecule has 1 aromatic heterocycles. The van der Waals surface area contributed by atoms with Crippen molar-refractivity contribution in [3.05, 3.63) is 11.4 Å². The molecule has 0 aliphatic heterocycles. The SMILES string of the molecule is CCOC(=O)CSc1nc(C)nc(N)c1C. The summed E-state index contributed by atoms with van der Waals surface area (Å²) in [6.07, 6.45) is 0. The number of esters is 1. The highest BCUT2D eigenvalue weighted by Crippen LogP contribution is 2.23. The second-order valence-corrected chi connectivity index (χ2v) is 4.14. The molecule has 0 bridgehead atoms. The molecule has 0 spiro atoms. The third kappa shape index (κ3) is 3.37. The number of aryl methyl sites for hydroxylation is 1. The Kier molecular flexibility index (Phi) is 4.54. The number of hydrogen-bond acceptors (Lipinski definition) is 6. The fourth-order valence-corrected chi connectivity index (χ4v) is 1.95. The molecule has 88 valence electrons. The summed E-state index contributed by atoms with van der Waals surface area (Å²) in [5.74, 6) is 1.06. The standard InChI is InChI=1S/C10H15N3O2S/c1-4-15-8(14)5-16-10-6(2)9(11)12-7(3)13-10/h4-5H2,1-3H3,(H2,11,12,13). The Morgan fingerprint density at radius 1 is 1.44 bits per heavy atom. The van der Waals surface area contributed by atoms with Gasteiger partial charge in [0.15, 0.2) is 0 Å². The summed E-state index contributed by atoms with van der Waals surface area (Å²) in [5, 5.41) is 0.734. The van der Waals surface area contributed by atoms with Gasteiger partial charge in [-0.05, 0) is 20.8 Å². The summed E-state index contributed by atoms with van der Waals surface area (Å²) in [5.41, 5.74) is 6.51. The third-order valence-corrected chi connectivity index (χ3v) is 2.93. The van der Waals surface area contributed by atoms with Crippen LogP contribution in [0.1, 0.15) is 18.3 Å². The topological polar surface area (TPSA) is 78.1 Å². The number of nitrogens with zero attached hydrogens (tertiary/aromatic N) is 2. The average molecular weight is 241 g/mol. The van der Waals surface area contributed by atoms with Crippen LogP contribution in [0.5, 0.6) is 0 Å². The smallest absolute Gasteiger partial charge is 0.316 e. The number of hydrogen-bond donors (Lipinski definition) is 1. The highest BCUT2D eigenvalue weighted by atomic mass is 32.2. The van der Waals surface area contributed by atoms with Gasteiger partial charge in [0.05, 0.1) is 12.4 Å². The number of nitrogen functional groups attached to an aromatic ring is 1. The molecular formula is C10H15N3O2S. The van der Waals surface area contributed by atoms with E-state index in [0.717, 1.165) is 10.6 Å². The predicted octanol–water partition coefficient (Wildman–Crippen LogP) is 1.33. The lowest BCUT2D eigenvalue weighted by molar-refractivity contribution is -0.139. The van der Waals surface area contributed by atoms with Crippen molar-refractivity contribution < 1.29 is 9.53 Å². The largest absolute Gasteiger partial charge is 0.465 e. The molecule has 0 amide bonds. The first-order valence-electron chi connectivity index (χ1n) is 4.93. The lowest BCUT2D eigenvalue weighted by Gasteiger charge is -2.07. The van der Waals surface area contributed by atoms with Gasteiger partial charge in [-0.15, -0.1) is 0 Å². The summed E-state index contributed by atoms with van der Waals surface area (Å²) in [4.78, 5) is 19.4. The Balaban J connectivity index is 2.70. The van der Waals surface area contributed by atoms with Gasteiger partial charge in [0, 0.05) is 5.56 Å². The Labute approximate surface area is 98.8 Å². The van der Waals surface area contributed by atoms with E-state index in [-0.39, 0.29) is 11.7 Å². The molecule has 0 saturated carbocycles. The molecule has 0 fully saturated rings. The van der Waals surface area contributed by atoms with Crippen molar-refractivity contribution in [3.63, 3.8) is 0 Å². The van der Waals surface area contributed by atoms with Crippen LogP contribution in [0.15, 0.2) is 5.03 Å². The van der Waals surface area contributed by atoms with E-state index < -0.39 is 0 Å². The van der Waals surface area contributed by atoms with Crippen LogP contribution < -0.4 is 5.73 Å². The number of carbonyl (C=O) groups is 1. The lowest BCUT2D eigenvalue weighted by Crippen LogP contribution is -2.08. The van der Waals surface area contributed by atoms with Crippen LogP contribution in [-0.4, -0.2) is 28.3 Å². The number of nitrogens with two attached hydrogens (primary N) is 1. The summed E-state index contributed by atoms with van der Waals surface area (Å²) in [6, 6.07) is 0. The van der Waals surface area contributed by atoms with Crippen molar-refractivity contribution in [3.8, 4) is 0 Å². The maximum absolute atomic E-state index is 11.2. The molecule has 5 nitrogen and oxygen atoms in total. The maximum atomic E-state index is 11.2. The number of ether oxygens (including phenoxy) is 1. The minimum Gasteiger partial charge on any atom is -0.465 e. The van der Waals surface area contributed by atoms with E-state index in [4.69, 9.17) is 10.5 Å². The molecule has 16 heavy (non-hydrogen) atoms. The van der Waals surface area contributed by atoms with Crippen molar-refractivity contribution in [1.29, 1.82) is 0 Å². The van der Waals surface area contributed by atoms with Gasteiger partial charge in [0.1, 0.15) is 16.7 Å². The minimum absolute atomic E-state index is 0.241. The van der Waals surface area contributed by atoms with Crippen LogP contribution in [0.4, 0.5) is 5.82 Å². The third-order valence-electron chi connectivity index (χ3n) is 1.88. The van der Waals surface area contributed by atoms with Gasteiger partial charge >= 0.3 is 5.97 Å². The second-order valence-electron chi connectivity index (χ2n) is 3.18. The molecule has 1 aromatic rings. The molecule has 0 atom stereocenters. The van der Waals surface area contributed by atoms with Gasteiger partial charge in [-0.25, -0.2) is 9.97 Å². The fourth-order valence-electron chi connectivity index (χ4n) is 1.09. The molecule has 0 radical (unpaired) electrons. The van der Waals surface area contributed by atoms with Crippen LogP contribution in [-0.2, 0) is 9.53 Å². The number of anilines is 1. The minimum atomic E-state index is -0.248. The average Bonchev–Trinajstić information content (AvgIpc) is 2.21. The van der Waals surface area contributed by atoms with Gasteiger partial charge in [-0.1, -0.05) is 11.8 Å². The zero-order valence-corrected chi connectivity index (χ0v) is 10.4. The maximum Gasteiger partial charge on any atom is 0.316 e. The van der Waals surface area contributed by atoms with E-state index in [1.165, 1.54) is 11.8 Å². The van der Waals surface area contributed by atoms with Gasteiger partial charge in [0.25, 0.3) is 0 Å². The summed E-state index contributed by atoms with van der Waals surface area (Å²) < 4.78 is 4.83. The lowest BCUT2D eigenvalue weighted by atomic mass is 10.3. The first-order chi connectivity index (χ1) is 7.54. The quantitative estimate of drug-likeness (QED) is 0.487. The Morgan fingerprint density at radius 2 is 2.12 bits per heavy atom.